The molecule has 18 heavy (non-hydrogen) atoms. The first-order valence-electron chi connectivity index (χ1n) is 6.31. The van der Waals surface area contributed by atoms with Crippen molar-refractivity contribution in [3.05, 3.63) is 35.8 Å². The molecule has 2 aromatic heterocycles. The van der Waals surface area contributed by atoms with Crippen molar-refractivity contribution < 1.29 is 0 Å². The van der Waals surface area contributed by atoms with Crippen molar-refractivity contribution in [2.24, 2.45) is 5.73 Å². The molecular formula is C14H17N3S. The van der Waals surface area contributed by atoms with Gasteiger partial charge in [0.2, 0.25) is 0 Å². The van der Waals surface area contributed by atoms with Crippen molar-refractivity contribution in [3.63, 3.8) is 0 Å². The Kier molecular flexibility index (Phi) is 2.84. The third-order valence-corrected chi connectivity index (χ3v) is 4.31. The number of hydrogen-bond acceptors (Lipinski definition) is 3. The van der Waals surface area contributed by atoms with Gasteiger partial charge < -0.3 is 5.73 Å². The van der Waals surface area contributed by atoms with Gasteiger partial charge in [0, 0.05) is 6.42 Å². The molecular weight excluding hydrogens is 242 g/mol. The van der Waals surface area contributed by atoms with Crippen LogP contribution < -0.4 is 5.73 Å². The molecule has 0 aliphatic rings. The van der Waals surface area contributed by atoms with Crippen LogP contribution in [0.1, 0.15) is 31.3 Å². The molecule has 0 unspecified atom stereocenters. The Hall–Kier alpha value is -1.39. The first kappa shape index (κ1) is 11.7. The van der Waals surface area contributed by atoms with Crippen LogP contribution in [-0.4, -0.2) is 15.9 Å². The zero-order chi connectivity index (χ0) is 12.7. The summed E-state index contributed by atoms with van der Waals surface area (Å²) in [6.45, 7) is 5.03. The van der Waals surface area contributed by atoms with Gasteiger partial charge in [-0.15, -0.1) is 11.3 Å². The second-order valence-corrected chi connectivity index (χ2v) is 5.85. The predicted molar refractivity (Wildman–Crippen MR) is 77.4 cm³/mol. The van der Waals surface area contributed by atoms with Crippen molar-refractivity contribution in [2.75, 3.05) is 6.54 Å². The molecule has 0 bridgehead atoms. The number of para-hydroxylation sites is 1. The number of benzene rings is 1. The van der Waals surface area contributed by atoms with E-state index in [1.54, 1.807) is 0 Å². The van der Waals surface area contributed by atoms with E-state index in [-0.39, 0.29) is 0 Å². The molecule has 3 nitrogen and oxygen atoms in total. The maximum atomic E-state index is 5.70. The van der Waals surface area contributed by atoms with Crippen LogP contribution in [0.25, 0.3) is 15.0 Å². The largest absolute Gasteiger partial charge is 0.330 e. The second-order valence-electron chi connectivity index (χ2n) is 4.82. The molecule has 2 N–H and O–H groups in total. The highest BCUT2D eigenvalue weighted by atomic mass is 32.1. The topological polar surface area (TPSA) is 43.3 Å². The first-order valence-corrected chi connectivity index (χ1v) is 7.13. The van der Waals surface area contributed by atoms with E-state index in [1.807, 2.05) is 11.3 Å². The van der Waals surface area contributed by atoms with E-state index in [9.17, 15) is 0 Å². The van der Waals surface area contributed by atoms with Crippen molar-refractivity contribution in [1.29, 1.82) is 0 Å². The number of imidazole rings is 1. The molecule has 2 heterocycles. The number of aromatic nitrogens is 2. The van der Waals surface area contributed by atoms with Crippen LogP contribution in [-0.2, 0) is 6.42 Å². The van der Waals surface area contributed by atoms with Crippen LogP contribution in [0.5, 0.6) is 0 Å². The Morgan fingerprint density at radius 3 is 2.83 bits per heavy atom. The van der Waals surface area contributed by atoms with E-state index in [0.717, 1.165) is 12.2 Å². The molecule has 3 rings (SSSR count). The van der Waals surface area contributed by atoms with Gasteiger partial charge in [0.1, 0.15) is 10.7 Å². The fraction of sp³-hybridized carbons (Fsp3) is 0.357. The lowest BCUT2D eigenvalue weighted by molar-refractivity contribution is 0.815. The van der Waals surface area contributed by atoms with Gasteiger partial charge in [-0.25, -0.2) is 4.98 Å². The smallest absolute Gasteiger partial charge is 0.124 e. The highest BCUT2D eigenvalue weighted by Crippen LogP contribution is 2.33. The number of thiazole rings is 1. The summed E-state index contributed by atoms with van der Waals surface area (Å²) >= 11 is 1.82. The van der Waals surface area contributed by atoms with E-state index >= 15 is 0 Å². The van der Waals surface area contributed by atoms with Gasteiger partial charge in [0.05, 0.1) is 15.9 Å². The van der Waals surface area contributed by atoms with Gasteiger partial charge in [-0.2, -0.15) is 0 Å². The zero-order valence-corrected chi connectivity index (χ0v) is 11.5. The summed E-state index contributed by atoms with van der Waals surface area (Å²) in [4.78, 5) is 6.05. The molecule has 0 saturated heterocycles. The van der Waals surface area contributed by atoms with Crippen LogP contribution in [0, 0.1) is 0 Å². The van der Waals surface area contributed by atoms with Crippen molar-refractivity contribution in [2.45, 2.75) is 26.2 Å². The highest BCUT2D eigenvalue weighted by molar-refractivity contribution is 7.24. The van der Waals surface area contributed by atoms with E-state index in [1.165, 1.54) is 20.7 Å². The number of nitrogens with two attached hydrogens (primary N) is 1. The summed E-state index contributed by atoms with van der Waals surface area (Å²) in [5.74, 6) is 1.54. The summed E-state index contributed by atoms with van der Waals surface area (Å²) < 4.78 is 3.59. The molecule has 0 atom stereocenters. The molecule has 1 aromatic carbocycles. The van der Waals surface area contributed by atoms with Gasteiger partial charge in [-0.05, 0) is 24.6 Å². The monoisotopic (exact) mass is 259 g/mol. The maximum Gasteiger partial charge on any atom is 0.124 e. The molecule has 0 radical (unpaired) electrons. The Morgan fingerprint density at radius 1 is 1.33 bits per heavy atom. The number of fused-ring (bicyclic) bond motifs is 3. The van der Waals surface area contributed by atoms with Crippen LogP contribution in [0.4, 0.5) is 0 Å². The maximum absolute atomic E-state index is 5.70. The lowest BCUT2D eigenvalue weighted by Crippen LogP contribution is -2.06. The van der Waals surface area contributed by atoms with Gasteiger partial charge >= 0.3 is 0 Å². The molecule has 4 heteroatoms. The minimum absolute atomic E-state index is 0.444. The minimum Gasteiger partial charge on any atom is -0.330 e. The number of rotatable bonds is 3. The van der Waals surface area contributed by atoms with E-state index in [4.69, 9.17) is 10.7 Å². The van der Waals surface area contributed by atoms with Crippen LogP contribution in [0.2, 0.25) is 0 Å². The van der Waals surface area contributed by atoms with Gasteiger partial charge in [-0.3, -0.25) is 4.40 Å². The van der Waals surface area contributed by atoms with Gasteiger partial charge in [-0.1, -0.05) is 26.0 Å². The van der Waals surface area contributed by atoms with Gasteiger partial charge in [0.25, 0.3) is 0 Å². The molecule has 0 saturated carbocycles. The number of hydrogen-bond donors (Lipinski definition) is 1. The van der Waals surface area contributed by atoms with E-state index in [2.05, 4.69) is 42.5 Å². The summed E-state index contributed by atoms with van der Waals surface area (Å²) in [5, 5.41) is 0. The number of nitrogens with zero attached hydrogens (tertiary/aromatic N) is 2. The van der Waals surface area contributed by atoms with Crippen LogP contribution in [0.3, 0.4) is 0 Å². The SMILES string of the molecule is CC(C)c1nc(CCN)n2c1sc1ccccc12. The predicted octanol–water partition coefficient (Wildman–Crippen LogP) is 3.17. The lowest BCUT2D eigenvalue weighted by atomic mass is 10.2. The van der Waals surface area contributed by atoms with Gasteiger partial charge in [0.15, 0.2) is 0 Å². The third-order valence-electron chi connectivity index (χ3n) is 3.16. The highest BCUT2D eigenvalue weighted by Gasteiger charge is 2.17. The Balaban J connectivity index is 2.39. The average Bonchev–Trinajstić information content (AvgIpc) is 2.87. The van der Waals surface area contributed by atoms with Crippen molar-refractivity contribution >= 4 is 26.4 Å². The Labute approximate surface area is 110 Å². The van der Waals surface area contributed by atoms with Crippen molar-refractivity contribution in [3.8, 4) is 0 Å². The normalized spacial score (nSPS) is 12.0. The fourth-order valence-corrected chi connectivity index (χ4v) is 3.62. The summed E-state index contributed by atoms with van der Waals surface area (Å²) in [5.41, 5.74) is 8.14. The lowest BCUT2D eigenvalue weighted by Gasteiger charge is -1.97. The molecule has 0 aliphatic heterocycles. The third kappa shape index (κ3) is 1.64. The Bertz CT molecular complexity index is 694. The van der Waals surface area contributed by atoms with Crippen LogP contribution in [0.15, 0.2) is 24.3 Å². The molecule has 0 aliphatic carbocycles. The molecule has 0 fully saturated rings. The molecule has 0 amide bonds. The second kappa shape index (κ2) is 4.37. The van der Waals surface area contributed by atoms with Crippen LogP contribution >= 0.6 is 11.3 Å². The average molecular weight is 259 g/mol. The zero-order valence-electron chi connectivity index (χ0n) is 10.7. The standard InChI is InChI=1S/C14H17N3S/c1-9(2)13-14-17(12(16-13)7-8-15)10-5-3-4-6-11(10)18-14/h3-6,9H,7-8,15H2,1-2H3. The molecule has 3 aromatic rings. The van der Waals surface area contributed by atoms with Crippen molar-refractivity contribution in [1.82, 2.24) is 9.38 Å². The minimum atomic E-state index is 0.444. The van der Waals surface area contributed by atoms with E-state index in [0.29, 0.717) is 12.5 Å². The fourth-order valence-electron chi connectivity index (χ4n) is 2.32. The Morgan fingerprint density at radius 2 is 2.11 bits per heavy atom. The van der Waals surface area contributed by atoms with E-state index < -0.39 is 0 Å². The molecule has 0 spiro atoms. The summed E-state index contributed by atoms with van der Waals surface area (Å²) in [7, 11) is 0. The first-order chi connectivity index (χ1) is 8.72. The summed E-state index contributed by atoms with van der Waals surface area (Å²) in [6.07, 6.45) is 0.828. The quantitative estimate of drug-likeness (QED) is 0.785. The summed E-state index contributed by atoms with van der Waals surface area (Å²) in [6, 6.07) is 8.49. The molecule has 94 valence electrons.